The third-order valence-corrected chi connectivity index (χ3v) is 9.20. The van der Waals surface area contributed by atoms with E-state index in [-0.39, 0.29) is 29.8 Å². The fourth-order valence-electron chi connectivity index (χ4n) is 5.11. The first-order chi connectivity index (χ1) is 21.1. The lowest BCUT2D eigenvalue weighted by molar-refractivity contribution is -0.140. The number of hydrogen-bond acceptors (Lipinski definition) is 4. The van der Waals surface area contributed by atoms with E-state index in [0.29, 0.717) is 12.1 Å². The topological polar surface area (TPSA) is 86.8 Å². The first-order valence-corrected chi connectivity index (χ1v) is 16.4. The third-order valence-electron chi connectivity index (χ3n) is 7.43. The summed E-state index contributed by atoms with van der Waals surface area (Å²) in [6.45, 7) is 7.35. The average Bonchev–Trinajstić information content (AvgIpc) is 3.02. The van der Waals surface area contributed by atoms with Gasteiger partial charge in [0.15, 0.2) is 0 Å². The fourth-order valence-corrected chi connectivity index (χ4v) is 6.58. The van der Waals surface area contributed by atoms with Gasteiger partial charge in [0.25, 0.3) is 10.0 Å². The van der Waals surface area contributed by atoms with Crippen molar-refractivity contribution in [1.29, 1.82) is 0 Å². The number of carbonyl (C=O) groups excluding carboxylic acids is 2. The second-order valence-electron chi connectivity index (χ2n) is 11.2. The number of carbonyl (C=O) groups is 2. The van der Waals surface area contributed by atoms with Crippen molar-refractivity contribution in [1.82, 2.24) is 10.2 Å². The molecule has 0 bridgehead atoms. The molecule has 4 aromatic rings. The lowest BCUT2D eigenvalue weighted by atomic mass is 10.0. The zero-order valence-electron chi connectivity index (χ0n) is 25.8. The molecule has 0 saturated heterocycles. The van der Waals surface area contributed by atoms with Crippen LogP contribution in [0.4, 0.5) is 5.69 Å². The zero-order chi connectivity index (χ0) is 31.7. The molecule has 1 atom stereocenters. The van der Waals surface area contributed by atoms with Crippen LogP contribution in [0.25, 0.3) is 0 Å². The Bertz CT molecular complexity index is 1640. The van der Waals surface area contributed by atoms with Gasteiger partial charge in [-0.05, 0) is 62.1 Å². The van der Waals surface area contributed by atoms with E-state index in [1.165, 1.54) is 21.3 Å². The molecule has 4 aromatic carbocycles. The minimum absolute atomic E-state index is 0.0853. The number of para-hydroxylation sites is 1. The fraction of sp³-hybridized carbons (Fsp3) is 0.278. The second-order valence-corrected chi connectivity index (χ2v) is 13.0. The Morgan fingerprint density at radius 3 is 1.98 bits per heavy atom. The molecule has 0 radical (unpaired) electrons. The maximum Gasteiger partial charge on any atom is 0.264 e. The highest BCUT2D eigenvalue weighted by molar-refractivity contribution is 7.92. The van der Waals surface area contributed by atoms with E-state index < -0.39 is 28.5 Å². The Labute approximate surface area is 261 Å². The normalized spacial score (nSPS) is 12.0. The van der Waals surface area contributed by atoms with Crippen molar-refractivity contribution < 1.29 is 18.0 Å². The Hall–Kier alpha value is -4.43. The molecule has 7 nitrogen and oxygen atoms in total. The number of anilines is 1. The Morgan fingerprint density at radius 1 is 0.773 bits per heavy atom. The van der Waals surface area contributed by atoms with Crippen molar-refractivity contribution in [2.24, 2.45) is 0 Å². The number of nitrogens with one attached hydrogen (secondary N) is 1. The maximum absolute atomic E-state index is 14.5. The smallest absolute Gasteiger partial charge is 0.264 e. The highest BCUT2D eigenvalue weighted by Gasteiger charge is 2.35. The molecule has 0 aromatic heterocycles. The molecule has 0 unspecified atom stereocenters. The number of sulfonamides is 1. The van der Waals surface area contributed by atoms with Gasteiger partial charge in [-0.25, -0.2) is 8.42 Å². The first-order valence-electron chi connectivity index (χ1n) is 14.9. The summed E-state index contributed by atoms with van der Waals surface area (Å²) in [5, 5.41) is 2.99. The third kappa shape index (κ3) is 8.14. The summed E-state index contributed by atoms with van der Waals surface area (Å²) < 4.78 is 29.5. The molecule has 44 heavy (non-hydrogen) atoms. The van der Waals surface area contributed by atoms with E-state index in [0.717, 1.165) is 22.3 Å². The standard InChI is InChI=1S/C36H41N3O4S/c1-5-31-16-12-13-19-33(31)39(44(42,43)32-17-10-7-11-18-32)26-35(40)38(25-30-22-20-28(4)21-23-30)34(36(41)37-27(2)3)24-29-14-8-6-9-15-29/h6-23,27,34H,5,24-26H2,1-4H3,(H,37,41)/t34-/m0/s1. The van der Waals surface area contributed by atoms with Crippen molar-refractivity contribution in [3.8, 4) is 0 Å². The van der Waals surface area contributed by atoms with Crippen LogP contribution in [0.15, 0.2) is 114 Å². The van der Waals surface area contributed by atoms with Gasteiger partial charge in [0.1, 0.15) is 12.6 Å². The minimum atomic E-state index is -4.13. The molecule has 8 heteroatoms. The molecule has 0 fully saturated rings. The van der Waals surface area contributed by atoms with Crippen LogP contribution in [0, 0.1) is 6.92 Å². The zero-order valence-corrected chi connectivity index (χ0v) is 26.6. The van der Waals surface area contributed by atoms with E-state index in [2.05, 4.69) is 5.32 Å². The highest BCUT2D eigenvalue weighted by atomic mass is 32.2. The van der Waals surface area contributed by atoms with Crippen LogP contribution in [0.3, 0.4) is 0 Å². The molecule has 0 heterocycles. The van der Waals surface area contributed by atoms with Gasteiger partial charge in [0.05, 0.1) is 10.6 Å². The molecule has 230 valence electrons. The van der Waals surface area contributed by atoms with E-state index in [4.69, 9.17) is 0 Å². The van der Waals surface area contributed by atoms with Crippen molar-refractivity contribution in [3.05, 3.63) is 131 Å². The lowest BCUT2D eigenvalue weighted by Gasteiger charge is -2.34. The Balaban J connectivity index is 1.82. The number of nitrogens with zero attached hydrogens (tertiary/aromatic N) is 2. The molecule has 0 aliphatic rings. The van der Waals surface area contributed by atoms with Gasteiger partial charge in [-0.1, -0.05) is 103 Å². The molecular formula is C36H41N3O4S. The summed E-state index contributed by atoms with van der Waals surface area (Å²) in [6.07, 6.45) is 0.847. The van der Waals surface area contributed by atoms with Gasteiger partial charge in [-0.15, -0.1) is 0 Å². The van der Waals surface area contributed by atoms with Crippen LogP contribution in [-0.2, 0) is 39.0 Å². The van der Waals surface area contributed by atoms with Gasteiger partial charge in [-0.2, -0.15) is 0 Å². The molecule has 0 aliphatic heterocycles. The minimum Gasteiger partial charge on any atom is -0.352 e. The van der Waals surface area contributed by atoms with Gasteiger partial charge in [0, 0.05) is 19.0 Å². The van der Waals surface area contributed by atoms with Gasteiger partial charge in [-0.3, -0.25) is 13.9 Å². The van der Waals surface area contributed by atoms with E-state index in [1.807, 2.05) is 94.4 Å². The number of benzene rings is 4. The summed E-state index contributed by atoms with van der Waals surface area (Å²) in [7, 11) is -4.13. The summed E-state index contributed by atoms with van der Waals surface area (Å²) >= 11 is 0. The number of aryl methyl sites for hydroxylation is 2. The SMILES string of the molecule is CCc1ccccc1N(CC(=O)N(Cc1ccc(C)cc1)[C@@H](Cc1ccccc1)C(=O)NC(C)C)S(=O)(=O)c1ccccc1. The lowest BCUT2D eigenvalue weighted by Crippen LogP contribution is -2.54. The van der Waals surface area contributed by atoms with Crippen LogP contribution in [0.1, 0.15) is 43.0 Å². The molecule has 0 saturated carbocycles. The predicted octanol–water partition coefficient (Wildman–Crippen LogP) is 5.92. The molecule has 2 amide bonds. The Morgan fingerprint density at radius 2 is 1.36 bits per heavy atom. The van der Waals surface area contributed by atoms with Crippen molar-refractivity contribution in [2.75, 3.05) is 10.8 Å². The van der Waals surface area contributed by atoms with Crippen LogP contribution in [0.2, 0.25) is 0 Å². The molecule has 0 aliphatic carbocycles. The van der Waals surface area contributed by atoms with Crippen LogP contribution >= 0.6 is 0 Å². The summed E-state index contributed by atoms with van der Waals surface area (Å²) in [6, 6.07) is 31.6. The highest BCUT2D eigenvalue weighted by Crippen LogP contribution is 2.28. The molecule has 0 spiro atoms. The van der Waals surface area contributed by atoms with Crippen LogP contribution in [0.5, 0.6) is 0 Å². The summed E-state index contributed by atoms with van der Waals surface area (Å²) in [5.74, 6) is -0.772. The maximum atomic E-state index is 14.5. The first kappa shape index (κ1) is 32.5. The van der Waals surface area contributed by atoms with Crippen molar-refractivity contribution in [2.45, 2.75) is 64.1 Å². The van der Waals surface area contributed by atoms with Crippen molar-refractivity contribution in [3.63, 3.8) is 0 Å². The molecule has 1 N–H and O–H groups in total. The summed E-state index contributed by atoms with van der Waals surface area (Å²) in [5.41, 5.74) is 4.03. The predicted molar refractivity (Wildman–Crippen MR) is 176 cm³/mol. The van der Waals surface area contributed by atoms with Gasteiger partial charge in [0.2, 0.25) is 11.8 Å². The van der Waals surface area contributed by atoms with E-state index in [9.17, 15) is 18.0 Å². The van der Waals surface area contributed by atoms with Gasteiger partial charge >= 0.3 is 0 Å². The summed E-state index contributed by atoms with van der Waals surface area (Å²) in [4.78, 5) is 29.9. The second kappa shape index (κ2) is 14.8. The van der Waals surface area contributed by atoms with Gasteiger partial charge < -0.3 is 10.2 Å². The molecular weight excluding hydrogens is 570 g/mol. The number of hydrogen-bond donors (Lipinski definition) is 1. The quantitative estimate of drug-likeness (QED) is 0.204. The number of rotatable bonds is 13. The largest absolute Gasteiger partial charge is 0.352 e. The van der Waals surface area contributed by atoms with E-state index >= 15 is 0 Å². The Kier molecular flexibility index (Phi) is 11.0. The van der Waals surface area contributed by atoms with E-state index in [1.54, 1.807) is 30.3 Å². The monoisotopic (exact) mass is 611 g/mol. The molecule has 4 rings (SSSR count). The van der Waals surface area contributed by atoms with Crippen LogP contribution < -0.4 is 9.62 Å². The van der Waals surface area contributed by atoms with Crippen LogP contribution in [-0.4, -0.2) is 43.8 Å². The average molecular weight is 612 g/mol. The van der Waals surface area contributed by atoms with Crippen molar-refractivity contribution >= 4 is 27.5 Å². The number of amides is 2.